The van der Waals surface area contributed by atoms with Gasteiger partial charge in [-0.2, -0.15) is 0 Å². The molecule has 2 saturated heterocycles. The monoisotopic (exact) mass is 652 g/mol. The van der Waals surface area contributed by atoms with Crippen LogP contribution in [0.3, 0.4) is 0 Å². The summed E-state index contributed by atoms with van der Waals surface area (Å²) in [5.41, 5.74) is 1.46. The Morgan fingerprint density at radius 3 is 1.30 bits per heavy atom. The molecular formula is C34H50Cl2N2O6. The highest BCUT2D eigenvalue weighted by molar-refractivity contribution is 5.98. The second kappa shape index (κ2) is 20.8. The fraction of sp³-hybridized carbons (Fsp3) is 0.588. The van der Waals surface area contributed by atoms with Crippen LogP contribution in [0.15, 0.2) is 48.5 Å². The van der Waals surface area contributed by atoms with E-state index in [2.05, 4.69) is 9.80 Å². The SMILES string of the molecule is CCOc1ccc(C(=O)C(CCCCC(CN2CCOCC2)C(=O)c2ccc(OCC)cc2)CN2CCOCC2)cc1.Cl.Cl. The zero-order chi connectivity index (χ0) is 29.6. The molecule has 0 N–H and O–H groups in total. The number of ether oxygens (including phenoxy) is 4. The topological polar surface area (TPSA) is 77.5 Å². The molecule has 0 bridgehead atoms. The molecule has 4 rings (SSSR count). The number of carbonyl (C=O) groups is 2. The van der Waals surface area contributed by atoms with Gasteiger partial charge in [-0.15, -0.1) is 24.8 Å². The standard InChI is InChI=1S/C34H48N2O6.2ClH/c1-3-41-31-13-9-27(10-14-31)33(37)29(25-35-17-21-39-22-18-35)7-5-6-8-30(26-36-19-23-40-24-20-36)34(38)28-11-15-32(16-12-28)42-4-2;;/h9-16,29-30H,3-8,17-26H2,1-2H3;2*1H. The van der Waals surface area contributed by atoms with Crippen molar-refractivity contribution in [2.75, 3.05) is 78.9 Å². The molecule has 2 unspecified atom stereocenters. The number of halogens is 2. The Bertz CT molecular complexity index is 1000. The number of hydrogen-bond donors (Lipinski definition) is 0. The van der Waals surface area contributed by atoms with Gasteiger partial charge in [-0.3, -0.25) is 19.4 Å². The maximum absolute atomic E-state index is 13.7. The Balaban J connectivity index is 0.00000337. The predicted molar refractivity (Wildman–Crippen MR) is 178 cm³/mol. The average molecular weight is 654 g/mol. The third kappa shape index (κ3) is 12.0. The summed E-state index contributed by atoms with van der Waals surface area (Å²) in [5, 5.41) is 0. The summed E-state index contributed by atoms with van der Waals surface area (Å²) in [6, 6.07) is 15.1. The van der Waals surface area contributed by atoms with Gasteiger partial charge in [0.05, 0.1) is 39.6 Å². The van der Waals surface area contributed by atoms with Crippen molar-refractivity contribution in [2.45, 2.75) is 39.5 Å². The van der Waals surface area contributed by atoms with Crippen molar-refractivity contribution in [1.82, 2.24) is 9.80 Å². The maximum atomic E-state index is 13.7. The van der Waals surface area contributed by atoms with Crippen LogP contribution < -0.4 is 9.47 Å². The van der Waals surface area contributed by atoms with E-state index < -0.39 is 0 Å². The predicted octanol–water partition coefficient (Wildman–Crippen LogP) is 5.85. The van der Waals surface area contributed by atoms with Crippen molar-refractivity contribution in [3.8, 4) is 11.5 Å². The van der Waals surface area contributed by atoms with Crippen LogP contribution in [0.25, 0.3) is 0 Å². The van der Waals surface area contributed by atoms with E-state index >= 15 is 0 Å². The van der Waals surface area contributed by atoms with E-state index in [0.29, 0.717) is 39.6 Å². The quantitative estimate of drug-likeness (QED) is 0.156. The number of carbonyl (C=O) groups excluding carboxylic acids is 2. The van der Waals surface area contributed by atoms with Crippen molar-refractivity contribution < 1.29 is 28.5 Å². The van der Waals surface area contributed by atoms with Crippen molar-refractivity contribution in [3.63, 3.8) is 0 Å². The average Bonchev–Trinajstić information content (AvgIpc) is 3.03. The lowest BCUT2D eigenvalue weighted by Gasteiger charge is -2.31. The molecule has 0 aromatic heterocycles. The molecule has 246 valence electrons. The Morgan fingerprint density at radius 2 is 0.977 bits per heavy atom. The van der Waals surface area contributed by atoms with Crippen LogP contribution in [0.5, 0.6) is 11.5 Å². The zero-order valence-electron chi connectivity index (χ0n) is 26.2. The van der Waals surface area contributed by atoms with Crippen LogP contribution in [0.4, 0.5) is 0 Å². The molecule has 44 heavy (non-hydrogen) atoms. The molecule has 2 aliphatic heterocycles. The van der Waals surface area contributed by atoms with Gasteiger partial charge in [-0.1, -0.05) is 12.8 Å². The van der Waals surface area contributed by atoms with E-state index in [1.54, 1.807) is 0 Å². The first-order chi connectivity index (χ1) is 20.6. The molecule has 0 saturated carbocycles. The van der Waals surface area contributed by atoms with Gasteiger partial charge in [0.1, 0.15) is 11.5 Å². The number of unbranched alkanes of at least 4 members (excludes halogenated alkanes) is 1. The molecule has 2 aromatic carbocycles. The number of ketones is 2. The third-order valence-electron chi connectivity index (χ3n) is 8.16. The van der Waals surface area contributed by atoms with Gasteiger partial charge >= 0.3 is 0 Å². The van der Waals surface area contributed by atoms with Gasteiger partial charge in [0.2, 0.25) is 0 Å². The molecule has 2 atom stereocenters. The molecule has 0 amide bonds. The normalized spacial score (nSPS) is 17.0. The number of nitrogens with zero attached hydrogens (tertiary/aromatic N) is 2. The van der Waals surface area contributed by atoms with E-state index in [4.69, 9.17) is 18.9 Å². The minimum atomic E-state index is -0.0967. The first kappa shape index (κ1) is 38.0. The highest BCUT2D eigenvalue weighted by Gasteiger charge is 2.26. The van der Waals surface area contributed by atoms with E-state index in [1.165, 1.54) is 0 Å². The van der Waals surface area contributed by atoms with Crippen molar-refractivity contribution >= 4 is 36.4 Å². The fourth-order valence-corrected chi connectivity index (χ4v) is 5.82. The Hall–Kier alpha value is -2.20. The number of morpholine rings is 2. The summed E-state index contributed by atoms with van der Waals surface area (Å²) < 4.78 is 22.2. The van der Waals surface area contributed by atoms with Crippen LogP contribution in [0, 0.1) is 11.8 Å². The summed E-state index contributed by atoms with van der Waals surface area (Å²) in [5.74, 6) is 1.73. The van der Waals surface area contributed by atoms with Crippen molar-refractivity contribution in [2.24, 2.45) is 11.8 Å². The lowest BCUT2D eigenvalue weighted by Crippen LogP contribution is -2.41. The van der Waals surface area contributed by atoms with Crippen molar-refractivity contribution in [1.29, 1.82) is 0 Å². The first-order valence-electron chi connectivity index (χ1n) is 15.7. The maximum Gasteiger partial charge on any atom is 0.167 e. The Kier molecular flexibility index (Phi) is 17.9. The molecule has 10 heteroatoms. The minimum Gasteiger partial charge on any atom is -0.494 e. The number of benzene rings is 2. The summed E-state index contributed by atoms with van der Waals surface area (Å²) in [6.07, 6.45) is 3.39. The van der Waals surface area contributed by atoms with Crippen LogP contribution in [-0.4, -0.2) is 100 Å². The highest BCUT2D eigenvalue weighted by Crippen LogP contribution is 2.24. The van der Waals surface area contributed by atoms with E-state index in [-0.39, 0.29) is 48.2 Å². The van der Waals surface area contributed by atoms with Crippen LogP contribution in [0.1, 0.15) is 60.2 Å². The molecule has 2 fully saturated rings. The van der Waals surface area contributed by atoms with Gasteiger partial charge in [-0.05, 0) is 75.2 Å². The van der Waals surface area contributed by atoms with E-state index in [1.807, 2.05) is 62.4 Å². The van der Waals surface area contributed by atoms with Crippen LogP contribution in [-0.2, 0) is 9.47 Å². The van der Waals surface area contributed by atoms with Crippen LogP contribution >= 0.6 is 24.8 Å². The number of hydrogen-bond acceptors (Lipinski definition) is 8. The lowest BCUT2D eigenvalue weighted by molar-refractivity contribution is 0.0283. The minimum absolute atomic E-state index is 0. The Labute approximate surface area is 275 Å². The fourth-order valence-electron chi connectivity index (χ4n) is 5.82. The third-order valence-corrected chi connectivity index (χ3v) is 8.16. The lowest BCUT2D eigenvalue weighted by atomic mass is 9.88. The summed E-state index contributed by atoms with van der Waals surface area (Å²) in [6.45, 7) is 12.8. The molecule has 0 radical (unpaired) electrons. The smallest absolute Gasteiger partial charge is 0.167 e. The Morgan fingerprint density at radius 1 is 0.636 bits per heavy atom. The molecule has 0 spiro atoms. The van der Waals surface area contributed by atoms with E-state index in [0.717, 1.165) is 87.6 Å². The molecular weight excluding hydrogens is 603 g/mol. The van der Waals surface area contributed by atoms with E-state index in [9.17, 15) is 9.59 Å². The van der Waals surface area contributed by atoms with Crippen LogP contribution in [0.2, 0.25) is 0 Å². The van der Waals surface area contributed by atoms with Gasteiger partial charge in [0, 0.05) is 62.2 Å². The summed E-state index contributed by atoms with van der Waals surface area (Å²) in [7, 11) is 0. The number of Topliss-reactive ketones (excluding diaryl/α,β-unsaturated/α-hetero) is 2. The largest absolute Gasteiger partial charge is 0.494 e. The summed E-state index contributed by atoms with van der Waals surface area (Å²) >= 11 is 0. The van der Waals surface area contributed by atoms with Gasteiger partial charge < -0.3 is 18.9 Å². The second-order valence-corrected chi connectivity index (χ2v) is 11.1. The molecule has 8 nitrogen and oxygen atoms in total. The van der Waals surface area contributed by atoms with Gasteiger partial charge in [0.15, 0.2) is 11.6 Å². The molecule has 2 aliphatic rings. The number of rotatable bonds is 17. The zero-order valence-corrected chi connectivity index (χ0v) is 27.9. The van der Waals surface area contributed by atoms with Gasteiger partial charge in [-0.25, -0.2) is 0 Å². The highest BCUT2D eigenvalue weighted by atomic mass is 35.5. The molecule has 2 heterocycles. The second-order valence-electron chi connectivity index (χ2n) is 11.1. The van der Waals surface area contributed by atoms with Crippen molar-refractivity contribution in [3.05, 3.63) is 59.7 Å². The molecule has 0 aliphatic carbocycles. The summed E-state index contributed by atoms with van der Waals surface area (Å²) in [4.78, 5) is 32.0. The molecule has 2 aromatic rings. The first-order valence-corrected chi connectivity index (χ1v) is 15.7. The van der Waals surface area contributed by atoms with Gasteiger partial charge in [0.25, 0.3) is 0 Å².